The molecule has 0 aromatic rings. The Morgan fingerprint density at radius 2 is 0.470 bits per heavy atom. The normalized spacial score (nSPS) is 12.4. The van der Waals surface area contributed by atoms with Crippen molar-refractivity contribution >= 4 is 17.9 Å². The highest BCUT2D eigenvalue weighted by atomic mass is 16.6. The lowest BCUT2D eigenvalue weighted by atomic mass is 10.0. The van der Waals surface area contributed by atoms with Crippen molar-refractivity contribution in [2.45, 2.75) is 399 Å². The van der Waals surface area contributed by atoms with Crippen LogP contribution in [0.3, 0.4) is 0 Å². The third-order valence-electron chi connectivity index (χ3n) is 16.5. The van der Waals surface area contributed by atoms with Crippen LogP contribution in [0.4, 0.5) is 0 Å². The zero-order valence-corrected chi connectivity index (χ0v) is 55.7. The summed E-state index contributed by atoms with van der Waals surface area (Å²) in [6.07, 6.45) is 92.5. The summed E-state index contributed by atoms with van der Waals surface area (Å²) in [4.78, 5) is 38.6. The maximum atomic E-state index is 13.0. The Hall–Kier alpha value is -2.89. The first-order chi connectivity index (χ1) is 41.0. The number of allylic oxidation sites excluding steroid dienone is 10. The maximum absolute atomic E-state index is 13.0. The Morgan fingerprint density at radius 1 is 0.253 bits per heavy atom. The van der Waals surface area contributed by atoms with Gasteiger partial charge in [0.1, 0.15) is 13.2 Å². The molecule has 0 amide bonds. The predicted molar refractivity (Wildman–Crippen MR) is 362 cm³/mol. The van der Waals surface area contributed by atoms with Crippen LogP contribution in [-0.4, -0.2) is 37.2 Å². The molecule has 0 aromatic carbocycles. The van der Waals surface area contributed by atoms with Gasteiger partial charge in [0.05, 0.1) is 0 Å². The minimum Gasteiger partial charge on any atom is -0.462 e. The van der Waals surface area contributed by atoms with E-state index in [1.807, 2.05) is 0 Å². The standard InChI is InChI=1S/C77H140O6/c1-4-7-10-13-16-19-22-25-28-31-34-37-38-41-43-46-49-52-55-58-61-64-67-70-76(79)82-73-74(83-77(80)71-68-65-62-59-56-53-50-47-44-40-36-33-30-27-24-21-18-15-12-9-6-3)72-81-75(78)69-66-63-60-57-54-51-48-45-42-39-35-32-29-26-23-20-17-14-11-8-5-2/h9,12,18,21,27,30-31,34,36,40,74H,4-8,10-11,13-17,19-20,22-26,28-29,32-33,35,37-39,41-73H2,1-3H3/b12-9-,21-18-,30-27-,34-31-,40-36-. The molecule has 0 aromatic heterocycles. The number of esters is 3. The lowest BCUT2D eigenvalue weighted by Crippen LogP contribution is -2.30. The number of carbonyl (C=O) groups is 3. The van der Waals surface area contributed by atoms with Crippen LogP contribution in [0.2, 0.25) is 0 Å². The van der Waals surface area contributed by atoms with E-state index >= 15 is 0 Å². The molecule has 0 heterocycles. The van der Waals surface area contributed by atoms with Gasteiger partial charge in [0.2, 0.25) is 0 Å². The minimum absolute atomic E-state index is 0.0732. The van der Waals surface area contributed by atoms with Gasteiger partial charge >= 0.3 is 17.9 Å². The van der Waals surface area contributed by atoms with E-state index in [1.54, 1.807) is 0 Å². The van der Waals surface area contributed by atoms with Crippen molar-refractivity contribution in [2.75, 3.05) is 13.2 Å². The molecule has 0 saturated heterocycles. The van der Waals surface area contributed by atoms with Crippen molar-refractivity contribution in [2.24, 2.45) is 0 Å². The van der Waals surface area contributed by atoms with E-state index in [9.17, 15) is 14.4 Å². The van der Waals surface area contributed by atoms with Gasteiger partial charge in [-0.1, -0.05) is 351 Å². The number of unbranched alkanes of at least 4 members (excludes halogenated alkanes) is 47. The second-order valence-corrected chi connectivity index (χ2v) is 24.8. The minimum atomic E-state index is -0.780. The van der Waals surface area contributed by atoms with Gasteiger partial charge in [0.15, 0.2) is 6.10 Å². The van der Waals surface area contributed by atoms with Crippen LogP contribution in [0, 0.1) is 0 Å². The molecule has 6 nitrogen and oxygen atoms in total. The average Bonchev–Trinajstić information content (AvgIpc) is 3.49. The third kappa shape index (κ3) is 69.8. The van der Waals surface area contributed by atoms with Crippen LogP contribution >= 0.6 is 0 Å². The van der Waals surface area contributed by atoms with Crippen molar-refractivity contribution in [3.63, 3.8) is 0 Å². The molecular weight excluding hydrogens is 1020 g/mol. The smallest absolute Gasteiger partial charge is 0.306 e. The Bertz CT molecular complexity index is 1470. The monoisotopic (exact) mass is 1160 g/mol. The molecule has 0 aliphatic rings. The molecule has 1 atom stereocenters. The predicted octanol–water partition coefficient (Wildman–Crippen LogP) is 25.5. The summed E-state index contributed by atoms with van der Waals surface area (Å²) in [7, 11) is 0. The fraction of sp³-hybridized carbons (Fsp3) is 0.831. The molecule has 0 radical (unpaired) electrons. The average molecular weight is 1160 g/mol. The summed E-state index contributed by atoms with van der Waals surface area (Å²) in [5.74, 6) is -0.854. The first-order valence-electron chi connectivity index (χ1n) is 36.8. The summed E-state index contributed by atoms with van der Waals surface area (Å²) in [6, 6.07) is 0. The van der Waals surface area contributed by atoms with Crippen LogP contribution < -0.4 is 0 Å². The number of ether oxygens (including phenoxy) is 3. The van der Waals surface area contributed by atoms with Crippen molar-refractivity contribution in [3.05, 3.63) is 60.8 Å². The van der Waals surface area contributed by atoms with Gasteiger partial charge in [-0.25, -0.2) is 0 Å². The lowest BCUT2D eigenvalue weighted by Gasteiger charge is -2.18. The Morgan fingerprint density at radius 3 is 0.747 bits per heavy atom. The Balaban J connectivity index is 4.34. The molecule has 0 spiro atoms. The molecule has 6 heteroatoms. The molecule has 0 aliphatic carbocycles. The first-order valence-corrected chi connectivity index (χ1v) is 36.8. The molecule has 484 valence electrons. The molecule has 0 rings (SSSR count). The summed E-state index contributed by atoms with van der Waals surface area (Å²) in [5, 5.41) is 0. The van der Waals surface area contributed by atoms with Crippen molar-refractivity contribution in [3.8, 4) is 0 Å². The zero-order chi connectivity index (χ0) is 59.9. The van der Waals surface area contributed by atoms with Gasteiger partial charge in [-0.15, -0.1) is 0 Å². The Labute approximate surface area is 517 Å². The first kappa shape index (κ1) is 80.1. The van der Waals surface area contributed by atoms with Gasteiger partial charge in [-0.05, 0) is 83.5 Å². The van der Waals surface area contributed by atoms with E-state index in [0.29, 0.717) is 19.3 Å². The summed E-state index contributed by atoms with van der Waals surface area (Å²) in [5.41, 5.74) is 0. The largest absolute Gasteiger partial charge is 0.462 e. The Kier molecular flexibility index (Phi) is 69.1. The molecule has 0 saturated carbocycles. The molecule has 1 unspecified atom stereocenters. The van der Waals surface area contributed by atoms with E-state index in [1.165, 1.54) is 263 Å². The molecule has 0 aliphatic heterocycles. The van der Waals surface area contributed by atoms with Gasteiger partial charge in [0.25, 0.3) is 0 Å². The third-order valence-corrected chi connectivity index (χ3v) is 16.5. The van der Waals surface area contributed by atoms with E-state index in [-0.39, 0.29) is 31.1 Å². The van der Waals surface area contributed by atoms with Crippen molar-refractivity contribution < 1.29 is 28.6 Å². The van der Waals surface area contributed by atoms with Crippen LogP contribution in [0.1, 0.15) is 393 Å². The fourth-order valence-electron chi connectivity index (χ4n) is 11.0. The second kappa shape index (κ2) is 71.6. The van der Waals surface area contributed by atoms with E-state index in [2.05, 4.69) is 81.5 Å². The van der Waals surface area contributed by atoms with E-state index in [0.717, 1.165) is 89.9 Å². The number of carbonyl (C=O) groups excluding carboxylic acids is 3. The van der Waals surface area contributed by atoms with Crippen LogP contribution in [0.5, 0.6) is 0 Å². The SMILES string of the molecule is CC/C=C\C/C=C\C/C=C\C/C=C\CCCCCCCCCCC(=O)OC(COC(=O)CCCCCCCCCCCCC/C=C\CCCCCCCCCC)COC(=O)CCCCCCCCCCCCCCCCCCCCCCC. The molecule has 0 fully saturated rings. The summed E-state index contributed by atoms with van der Waals surface area (Å²) in [6.45, 7) is 6.60. The van der Waals surface area contributed by atoms with Crippen molar-refractivity contribution in [1.29, 1.82) is 0 Å². The van der Waals surface area contributed by atoms with E-state index < -0.39 is 6.10 Å². The van der Waals surface area contributed by atoms with Crippen LogP contribution in [-0.2, 0) is 28.6 Å². The maximum Gasteiger partial charge on any atom is 0.306 e. The molecule has 0 bridgehead atoms. The van der Waals surface area contributed by atoms with Gasteiger partial charge < -0.3 is 14.2 Å². The second-order valence-electron chi connectivity index (χ2n) is 24.8. The topological polar surface area (TPSA) is 78.9 Å². The van der Waals surface area contributed by atoms with Crippen LogP contribution in [0.15, 0.2) is 60.8 Å². The lowest BCUT2D eigenvalue weighted by molar-refractivity contribution is -0.167. The van der Waals surface area contributed by atoms with Gasteiger partial charge in [0, 0.05) is 19.3 Å². The highest BCUT2D eigenvalue weighted by Crippen LogP contribution is 2.18. The van der Waals surface area contributed by atoms with Crippen molar-refractivity contribution in [1.82, 2.24) is 0 Å². The zero-order valence-electron chi connectivity index (χ0n) is 55.7. The number of rotatable bonds is 68. The quantitative estimate of drug-likeness (QED) is 0.0261. The highest BCUT2D eigenvalue weighted by molar-refractivity contribution is 5.71. The summed E-state index contributed by atoms with van der Waals surface area (Å²) >= 11 is 0. The highest BCUT2D eigenvalue weighted by Gasteiger charge is 2.19. The number of hydrogen-bond acceptors (Lipinski definition) is 6. The summed E-state index contributed by atoms with van der Waals surface area (Å²) < 4.78 is 17.0. The molecule has 0 N–H and O–H groups in total. The van der Waals surface area contributed by atoms with Gasteiger partial charge in [-0.3, -0.25) is 14.4 Å². The number of hydrogen-bond donors (Lipinski definition) is 0. The molecular formula is C77H140O6. The molecule has 83 heavy (non-hydrogen) atoms. The fourth-order valence-corrected chi connectivity index (χ4v) is 11.0. The van der Waals surface area contributed by atoms with Crippen LogP contribution in [0.25, 0.3) is 0 Å². The van der Waals surface area contributed by atoms with E-state index in [4.69, 9.17) is 14.2 Å². The van der Waals surface area contributed by atoms with Gasteiger partial charge in [-0.2, -0.15) is 0 Å².